The summed E-state index contributed by atoms with van der Waals surface area (Å²) in [6, 6.07) is 0. The molecule has 1 nitrogen and oxygen atoms in total. The van der Waals surface area contributed by atoms with Crippen molar-refractivity contribution in [3.05, 3.63) is 0 Å². The highest BCUT2D eigenvalue weighted by atomic mass is 28.5. The summed E-state index contributed by atoms with van der Waals surface area (Å²) in [4.78, 5) is 6.66. The summed E-state index contributed by atoms with van der Waals surface area (Å²) in [5.41, 5.74) is 0. The molecule has 0 amide bonds. The number of hydrogen-bond donors (Lipinski definition) is 1. The fraction of sp³-hybridized carbons (Fsp3) is 0. The lowest BCUT2D eigenvalue weighted by Crippen LogP contribution is -2.11. The maximum absolute atomic E-state index is 10.0. The number of halogens is 3. The Kier molecular flexibility index (Phi) is 0.974. The largest absolute Gasteiger partial charge is 0.799 e. The molecule has 5 heavy (non-hydrogen) atoms. The van der Waals surface area contributed by atoms with Crippen molar-refractivity contribution >= 4 is 9.32 Å². The summed E-state index contributed by atoms with van der Waals surface area (Å²) in [5.74, 6) is 0. The molecule has 5 heteroatoms. The molecule has 0 saturated carbocycles. The molecule has 0 unspecified atom stereocenters. The van der Waals surface area contributed by atoms with Gasteiger partial charge in [0.25, 0.3) is 0 Å². The molecular weight excluding hydrogens is 101 g/mol. The van der Waals surface area contributed by atoms with Crippen LogP contribution < -0.4 is 0 Å². The van der Waals surface area contributed by atoms with Crippen LogP contribution in [0.25, 0.3) is 0 Å². The molecule has 0 saturated heterocycles. The molecule has 0 aromatic rings. The van der Waals surface area contributed by atoms with E-state index in [1.54, 1.807) is 0 Å². The Hall–Kier alpha value is -0.0331. The first kappa shape index (κ1) is 4.97. The van der Waals surface area contributed by atoms with Gasteiger partial charge in [-0.25, -0.2) is 12.3 Å². The van der Waals surface area contributed by atoms with Crippen molar-refractivity contribution in [3.63, 3.8) is 0 Å². The maximum Gasteiger partial charge on any atom is 0.799 e. The van der Waals surface area contributed by atoms with Crippen molar-refractivity contribution < 1.29 is 17.1 Å². The second kappa shape index (κ2) is 0.981. The van der Waals surface area contributed by atoms with Crippen molar-refractivity contribution in [2.45, 2.75) is 0 Å². The molecule has 0 aromatic carbocycles. The van der Waals surface area contributed by atoms with Crippen molar-refractivity contribution in [3.8, 4) is 0 Å². The first-order valence-corrected chi connectivity index (χ1v) is 2.37. The summed E-state index contributed by atoms with van der Waals surface area (Å²) >= 11 is 0. The van der Waals surface area contributed by atoms with Crippen LogP contribution in [0.4, 0.5) is 12.3 Å². The summed E-state index contributed by atoms with van der Waals surface area (Å²) in [7, 11) is -6.11. The van der Waals surface area contributed by atoms with Crippen LogP contribution in [0.15, 0.2) is 0 Å². The van der Waals surface area contributed by atoms with Gasteiger partial charge in [0.1, 0.15) is 0 Å². The second-order valence-electron chi connectivity index (χ2n) is 0.468. The molecule has 0 spiro atoms. The van der Waals surface area contributed by atoms with Crippen molar-refractivity contribution in [2.75, 3.05) is 0 Å². The van der Waals surface area contributed by atoms with Crippen LogP contribution in [0.3, 0.4) is 0 Å². The summed E-state index contributed by atoms with van der Waals surface area (Å²) in [5, 5.41) is 0. The van der Waals surface area contributed by atoms with Gasteiger partial charge >= 0.3 is 9.32 Å². The molecule has 0 atom stereocenters. The van der Waals surface area contributed by atoms with Crippen LogP contribution >= 0.6 is 0 Å². The zero-order valence-electron chi connectivity index (χ0n) is 2.08. The van der Waals surface area contributed by atoms with Crippen molar-refractivity contribution in [2.24, 2.45) is 0 Å². The van der Waals surface area contributed by atoms with E-state index in [0.717, 1.165) is 0 Å². The third-order valence-electron chi connectivity index (χ3n) is 0. The molecular formula is HF3OSi. The van der Waals surface area contributed by atoms with E-state index >= 15 is 0 Å². The fourth-order valence-corrected chi connectivity index (χ4v) is 0. The van der Waals surface area contributed by atoms with Gasteiger partial charge in [-0.1, -0.05) is 0 Å². The monoisotopic (exact) mass is 102 g/mol. The predicted octanol–water partition coefficient (Wildman–Crippen LogP) is 0.323. The highest BCUT2D eigenvalue weighted by Crippen LogP contribution is 1.98. The lowest BCUT2D eigenvalue weighted by molar-refractivity contribution is 0.284. The van der Waals surface area contributed by atoms with E-state index in [1.807, 2.05) is 0 Å². The molecule has 0 rings (SSSR count). The molecule has 0 bridgehead atoms. The quantitative estimate of drug-likeness (QED) is 0.345. The first-order valence-electron chi connectivity index (χ1n) is 0.791. The van der Waals surface area contributed by atoms with Gasteiger partial charge in [-0.2, -0.15) is 0 Å². The lowest BCUT2D eigenvalue weighted by Gasteiger charge is -1.79. The minimum absolute atomic E-state index is 6.11. The fourth-order valence-electron chi connectivity index (χ4n) is 0. The maximum atomic E-state index is 10.0. The molecule has 0 aromatic heterocycles. The van der Waals surface area contributed by atoms with Crippen LogP contribution in [-0.2, 0) is 0 Å². The van der Waals surface area contributed by atoms with Crippen LogP contribution in [0.1, 0.15) is 0 Å². The van der Waals surface area contributed by atoms with Gasteiger partial charge in [-0.15, -0.1) is 0 Å². The average molecular weight is 102 g/mol. The van der Waals surface area contributed by atoms with E-state index in [-0.39, 0.29) is 0 Å². The molecule has 1 N–H and O–H groups in total. The van der Waals surface area contributed by atoms with Crippen LogP contribution in [0, 0.1) is 0 Å². The Labute approximate surface area is 27.7 Å². The van der Waals surface area contributed by atoms with Crippen LogP contribution in [0.2, 0.25) is 0 Å². The highest BCUT2D eigenvalue weighted by molar-refractivity contribution is 6.49. The third kappa shape index (κ3) is 14000. The Balaban J connectivity index is 3.02. The van der Waals surface area contributed by atoms with Gasteiger partial charge in [-0.3, -0.25) is 0 Å². The lowest BCUT2D eigenvalue weighted by atomic mass is 15.9. The SMILES string of the molecule is O[Si](F)(F)F. The van der Waals surface area contributed by atoms with Gasteiger partial charge in [0.15, 0.2) is 0 Å². The average Bonchev–Trinajstić information content (AvgIpc) is 0.722. The summed E-state index contributed by atoms with van der Waals surface area (Å²) < 4.78 is 30.1. The molecule has 0 radical (unpaired) electrons. The van der Waals surface area contributed by atoms with Crippen molar-refractivity contribution in [1.29, 1.82) is 0 Å². The topological polar surface area (TPSA) is 20.2 Å². The van der Waals surface area contributed by atoms with E-state index in [1.165, 1.54) is 0 Å². The van der Waals surface area contributed by atoms with E-state index in [9.17, 15) is 12.3 Å². The Morgan fingerprint density at radius 2 is 1.20 bits per heavy atom. The molecule has 32 valence electrons. The van der Waals surface area contributed by atoms with Crippen LogP contribution in [0.5, 0.6) is 0 Å². The zero-order valence-corrected chi connectivity index (χ0v) is 3.08. The molecule has 0 aliphatic rings. The van der Waals surface area contributed by atoms with Crippen molar-refractivity contribution in [1.82, 2.24) is 0 Å². The molecule has 0 aliphatic carbocycles. The Morgan fingerprint density at radius 1 is 1.20 bits per heavy atom. The predicted molar refractivity (Wildman–Crippen MR) is 11.3 cm³/mol. The normalized spacial score (nSPS) is 12.0. The van der Waals surface area contributed by atoms with Gasteiger partial charge in [0.05, 0.1) is 0 Å². The van der Waals surface area contributed by atoms with E-state index < -0.39 is 9.32 Å². The first-order chi connectivity index (χ1) is 2.00. The Morgan fingerprint density at radius 3 is 1.20 bits per heavy atom. The summed E-state index contributed by atoms with van der Waals surface area (Å²) in [6.45, 7) is 0. The van der Waals surface area contributed by atoms with E-state index in [4.69, 9.17) is 4.80 Å². The smallest absolute Gasteiger partial charge is 0.358 e. The minimum Gasteiger partial charge on any atom is -0.358 e. The standard InChI is InChI=1S/F3HOSi/c1-5(2,3)4/h4H. The summed E-state index contributed by atoms with van der Waals surface area (Å²) in [6.07, 6.45) is 0. The minimum atomic E-state index is -6.11. The highest BCUT2D eigenvalue weighted by Gasteiger charge is 2.34. The van der Waals surface area contributed by atoms with Gasteiger partial charge < -0.3 is 4.80 Å². The third-order valence-corrected chi connectivity index (χ3v) is 0. The molecule has 0 fully saturated rings. The second-order valence-corrected chi connectivity index (χ2v) is 1.40. The van der Waals surface area contributed by atoms with E-state index in [2.05, 4.69) is 0 Å². The van der Waals surface area contributed by atoms with E-state index in [0.29, 0.717) is 0 Å². The number of rotatable bonds is 0. The zero-order chi connectivity index (χ0) is 4.50. The molecule has 0 heterocycles. The molecule has 0 aliphatic heterocycles. The Bertz CT molecular complexity index is 22.4. The van der Waals surface area contributed by atoms with Crippen LogP contribution in [-0.4, -0.2) is 14.1 Å². The van der Waals surface area contributed by atoms with Gasteiger partial charge in [0.2, 0.25) is 0 Å². The van der Waals surface area contributed by atoms with Gasteiger partial charge in [-0.05, 0) is 0 Å². The van der Waals surface area contributed by atoms with Gasteiger partial charge in [0, 0.05) is 0 Å². The number of hydrogen-bond acceptors (Lipinski definition) is 1.